The summed E-state index contributed by atoms with van der Waals surface area (Å²) >= 11 is 0. The molecule has 2 aliphatic rings. The van der Waals surface area contributed by atoms with Gasteiger partial charge in [-0.05, 0) is 6.07 Å². The second-order valence-electron chi connectivity index (χ2n) is 7.21. The number of carbonyl (C=O) groups excluding carboxylic acids is 2. The van der Waals surface area contributed by atoms with Crippen molar-refractivity contribution in [3.8, 4) is 18.0 Å². The summed E-state index contributed by atoms with van der Waals surface area (Å²) in [6.07, 6.45) is -1.86. The highest BCUT2D eigenvalue weighted by molar-refractivity contribution is 7.52. The summed E-state index contributed by atoms with van der Waals surface area (Å²) in [5.74, 6) is -0.871. The maximum Gasteiger partial charge on any atom is 0.454 e. The van der Waals surface area contributed by atoms with Crippen LogP contribution in [0.1, 0.15) is 32.9 Å². The van der Waals surface area contributed by atoms with E-state index in [4.69, 9.17) is 38.5 Å². The number of rotatable bonds is 9. The van der Waals surface area contributed by atoms with E-state index in [1.807, 2.05) is 12.1 Å². The standard InChI is InChI=1S/C20H23N4O9P/c1-13(25)31-18-16-12-28-17-11-15(5-8-24(17)20(33-16)19(18)32-14(2)26)23-34(27,29-9-3-6-21)30-10-4-7-22/h5,8,11,16,18-20H,3-4,9-10,12H2,1-2H3/b23-15-/t16-,18-,19-,20-/m1/s1. The molecule has 4 atom stereocenters. The second kappa shape index (κ2) is 11.3. The number of hydrogen-bond donors (Lipinski definition) is 0. The molecule has 14 heteroatoms. The Kier molecular flexibility index (Phi) is 8.42. The summed E-state index contributed by atoms with van der Waals surface area (Å²) in [4.78, 5) is 23.2. The van der Waals surface area contributed by atoms with Gasteiger partial charge in [0.1, 0.15) is 12.7 Å². The number of aromatic nitrogens is 1. The van der Waals surface area contributed by atoms with Crippen molar-refractivity contribution in [2.45, 2.75) is 51.2 Å². The van der Waals surface area contributed by atoms with Gasteiger partial charge >= 0.3 is 19.7 Å². The van der Waals surface area contributed by atoms with Gasteiger partial charge in [-0.3, -0.25) is 23.2 Å². The molecule has 3 heterocycles. The number of ether oxygens (including phenoxy) is 4. The molecule has 0 amide bonds. The zero-order valence-corrected chi connectivity index (χ0v) is 19.4. The first-order chi connectivity index (χ1) is 16.3. The van der Waals surface area contributed by atoms with Crippen LogP contribution in [0.3, 0.4) is 0 Å². The van der Waals surface area contributed by atoms with Crippen LogP contribution < -0.4 is 10.1 Å². The summed E-state index contributed by atoms with van der Waals surface area (Å²) in [7, 11) is -4.02. The number of pyridine rings is 1. The summed E-state index contributed by atoms with van der Waals surface area (Å²) in [5, 5.41) is 17.6. The number of esters is 2. The molecule has 0 N–H and O–H groups in total. The lowest BCUT2D eigenvalue weighted by atomic mass is 10.1. The van der Waals surface area contributed by atoms with Crippen LogP contribution >= 0.6 is 7.75 Å². The van der Waals surface area contributed by atoms with Gasteiger partial charge in [0.25, 0.3) is 0 Å². The van der Waals surface area contributed by atoms with E-state index in [1.54, 1.807) is 0 Å². The summed E-state index contributed by atoms with van der Waals surface area (Å²) in [6, 6.07) is 6.68. The highest BCUT2D eigenvalue weighted by atomic mass is 31.2. The van der Waals surface area contributed by atoms with E-state index in [0.29, 0.717) is 0 Å². The first kappa shape index (κ1) is 25.4. The Balaban J connectivity index is 1.93. The van der Waals surface area contributed by atoms with Crippen molar-refractivity contribution in [3.05, 3.63) is 23.7 Å². The SMILES string of the molecule is CC(=O)O[C@@H]1[C@H](OC(C)=O)[C@H]2COc3c/c(=N\P(=O)(OCCC#N)OCCC#N)ccn3[C@@H]1O2. The first-order valence-corrected chi connectivity index (χ1v) is 11.8. The lowest BCUT2D eigenvalue weighted by Gasteiger charge is -2.27. The Labute approximate surface area is 195 Å². The molecule has 13 nitrogen and oxygen atoms in total. The third kappa shape index (κ3) is 6.22. The molecular formula is C20H23N4O9P. The van der Waals surface area contributed by atoms with Gasteiger partial charge in [0.05, 0.1) is 43.6 Å². The van der Waals surface area contributed by atoms with Crippen molar-refractivity contribution >= 4 is 19.7 Å². The van der Waals surface area contributed by atoms with Crippen molar-refractivity contribution in [1.29, 1.82) is 10.5 Å². The Bertz CT molecular complexity index is 1100. The zero-order chi connectivity index (χ0) is 24.7. The lowest BCUT2D eigenvalue weighted by Crippen LogP contribution is -2.42. The van der Waals surface area contributed by atoms with E-state index in [0.717, 1.165) is 0 Å². The van der Waals surface area contributed by atoms with Crippen molar-refractivity contribution in [2.75, 3.05) is 19.8 Å². The van der Waals surface area contributed by atoms with Gasteiger partial charge in [0.2, 0.25) is 0 Å². The number of carbonyl (C=O) groups is 2. The molecule has 182 valence electrons. The molecule has 1 aromatic rings. The quantitative estimate of drug-likeness (QED) is 0.277. The van der Waals surface area contributed by atoms with Crippen LogP contribution in [0.25, 0.3) is 0 Å². The minimum absolute atomic E-state index is 0.0221. The van der Waals surface area contributed by atoms with Crippen molar-refractivity contribution < 1.29 is 42.1 Å². The number of fused-ring (bicyclic) bond motifs is 4. The lowest BCUT2D eigenvalue weighted by molar-refractivity contribution is -0.166. The first-order valence-electron chi connectivity index (χ1n) is 10.3. The van der Waals surface area contributed by atoms with Crippen LogP contribution in [-0.4, -0.2) is 54.6 Å². The Morgan fingerprint density at radius 2 is 1.76 bits per heavy atom. The predicted molar refractivity (Wildman–Crippen MR) is 110 cm³/mol. The van der Waals surface area contributed by atoms with E-state index in [-0.39, 0.29) is 43.9 Å². The predicted octanol–water partition coefficient (Wildman–Crippen LogP) is 1.51. The number of nitrogens with zero attached hydrogens (tertiary/aromatic N) is 4. The fraction of sp³-hybridized carbons (Fsp3) is 0.550. The van der Waals surface area contributed by atoms with E-state index in [9.17, 15) is 14.2 Å². The molecule has 0 saturated carbocycles. The Morgan fingerprint density at radius 1 is 1.15 bits per heavy atom. The smallest absolute Gasteiger partial charge is 0.454 e. The average Bonchev–Trinajstić information content (AvgIpc) is 2.96. The summed E-state index contributed by atoms with van der Waals surface area (Å²) < 4.78 is 51.5. The summed E-state index contributed by atoms with van der Waals surface area (Å²) in [6.45, 7) is 2.12. The van der Waals surface area contributed by atoms with Crippen LogP contribution in [0.5, 0.6) is 5.88 Å². The summed E-state index contributed by atoms with van der Waals surface area (Å²) in [5.41, 5.74) is 0. The largest absolute Gasteiger partial charge is 0.476 e. The van der Waals surface area contributed by atoms with Gasteiger partial charge in [0, 0.05) is 26.1 Å². The fourth-order valence-corrected chi connectivity index (χ4v) is 4.64. The van der Waals surface area contributed by atoms with Gasteiger partial charge in [0.15, 0.2) is 24.3 Å². The normalized spacial score (nSPS) is 23.6. The Hall–Kier alpha value is -3.22. The molecule has 1 saturated heterocycles. The molecule has 1 fully saturated rings. The maximum atomic E-state index is 13.0. The zero-order valence-electron chi connectivity index (χ0n) is 18.5. The van der Waals surface area contributed by atoms with Crippen LogP contribution in [0.4, 0.5) is 0 Å². The van der Waals surface area contributed by atoms with E-state index in [2.05, 4.69) is 4.76 Å². The Morgan fingerprint density at radius 3 is 2.35 bits per heavy atom. The maximum absolute atomic E-state index is 13.0. The van der Waals surface area contributed by atoms with Gasteiger partial charge in [-0.2, -0.15) is 15.3 Å². The molecule has 2 bridgehead atoms. The van der Waals surface area contributed by atoms with Crippen molar-refractivity contribution in [1.82, 2.24) is 4.57 Å². The minimum atomic E-state index is -4.02. The van der Waals surface area contributed by atoms with Crippen LogP contribution in [0.2, 0.25) is 0 Å². The van der Waals surface area contributed by atoms with E-state index < -0.39 is 44.2 Å². The van der Waals surface area contributed by atoms with Crippen molar-refractivity contribution in [2.24, 2.45) is 4.76 Å². The topological polar surface area (TPSA) is 171 Å². The highest BCUT2D eigenvalue weighted by Crippen LogP contribution is 2.49. The molecule has 0 aliphatic carbocycles. The van der Waals surface area contributed by atoms with Crippen LogP contribution in [0, 0.1) is 22.7 Å². The molecular weight excluding hydrogens is 471 g/mol. The van der Waals surface area contributed by atoms with E-state index in [1.165, 1.54) is 36.7 Å². The van der Waals surface area contributed by atoms with Gasteiger partial charge in [-0.25, -0.2) is 4.57 Å². The number of nitriles is 2. The molecule has 0 radical (unpaired) electrons. The average molecular weight is 494 g/mol. The van der Waals surface area contributed by atoms with E-state index >= 15 is 0 Å². The second-order valence-corrected chi connectivity index (χ2v) is 8.86. The molecule has 2 aliphatic heterocycles. The van der Waals surface area contributed by atoms with Gasteiger partial charge in [-0.1, -0.05) is 0 Å². The third-order valence-electron chi connectivity index (χ3n) is 4.67. The fourth-order valence-electron chi connectivity index (χ4n) is 3.40. The monoisotopic (exact) mass is 494 g/mol. The molecule has 34 heavy (non-hydrogen) atoms. The van der Waals surface area contributed by atoms with Gasteiger partial charge < -0.3 is 18.9 Å². The van der Waals surface area contributed by atoms with Crippen LogP contribution in [-0.2, 0) is 37.4 Å². The molecule has 0 aromatic carbocycles. The molecule has 0 spiro atoms. The van der Waals surface area contributed by atoms with Gasteiger partial charge in [-0.15, -0.1) is 0 Å². The highest BCUT2D eigenvalue weighted by Gasteiger charge is 2.52. The van der Waals surface area contributed by atoms with Crippen LogP contribution in [0.15, 0.2) is 23.1 Å². The number of hydrogen-bond acceptors (Lipinski definition) is 11. The third-order valence-corrected chi connectivity index (χ3v) is 6.16. The van der Waals surface area contributed by atoms with Crippen molar-refractivity contribution in [3.63, 3.8) is 0 Å². The molecule has 0 unspecified atom stereocenters. The molecule has 1 aromatic heterocycles. The minimum Gasteiger partial charge on any atom is -0.476 e. The molecule has 3 rings (SSSR count).